The first-order valence-electron chi connectivity index (χ1n) is 4.67. The van der Waals surface area contributed by atoms with Gasteiger partial charge in [-0.3, -0.25) is 0 Å². The van der Waals surface area contributed by atoms with E-state index < -0.39 is 20.9 Å². The van der Waals surface area contributed by atoms with Crippen LogP contribution in [0.15, 0.2) is 23.4 Å². The van der Waals surface area contributed by atoms with Gasteiger partial charge in [-0.2, -0.15) is 0 Å². The summed E-state index contributed by atoms with van der Waals surface area (Å²) in [5, 5.41) is -0.576. The Morgan fingerprint density at radius 1 is 1.56 bits per heavy atom. The van der Waals surface area contributed by atoms with Crippen LogP contribution in [0.3, 0.4) is 0 Å². The maximum atomic E-state index is 13.2. The number of methoxy groups -OCH3 is 1. The van der Waals surface area contributed by atoms with Gasteiger partial charge in [-0.25, -0.2) is 22.5 Å². The maximum Gasteiger partial charge on any atom is 0.261 e. The number of pyridine rings is 1. The number of nitrogens with one attached hydrogen (secondary N) is 1. The van der Waals surface area contributed by atoms with E-state index in [1.54, 1.807) is 0 Å². The Morgan fingerprint density at radius 3 is 2.94 bits per heavy atom. The number of sulfonamides is 1. The molecular formula is C9H13FN2O3S. The van der Waals surface area contributed by atoms with Crippen molar-refractivity contribution >= 4 is 10.0 Å². The normalized spacial score (nSPS) is 11.6. The molecule has 1 aromatic rings. The lowest BCUT2D eigenvalue weighted by atomic mass is 10.5. The van der Waals surface area contributed by atoms with Gasteiger partial charge in [-0.05, 0) is 18.6 Å². The van der Waals surface area contributed by atoms with Crippen LogP contribution < -0.4 is 4.72 Å². The predicted octanol–water partition coefficient (Wildman–Crippen LogP) is 0.536. The van der Waals surface area contributed by atoms with Gasteiger partial charge in [0, 0.05) is 26.5 Å². The monoisotopic (exact) mass is 248 g/mol. The second kappa shape index (κ2) is 5.88. The number of rotatable bonds is 6. The second-order valence-electron chi connectivity index (χ2n) is 3.03. The topological polar surface area (TPSA) is 68.3 Å². The SMILES string of the molecule is COCCCNS(=O)(=O)c1ncccc1F. The van der Waals surface area contributed by atoms with E-state index in [1.807, 2.05) is 0 Å². The summed E-state index contributed by atoms with van der Waals surface area (Å²) < 4.78 is 43.3. The van der Waals surface area contributed by atoms with Crippen LogP contribution >= 0.6 is 0 Å². The van der Waals surface area contributed by atoms with Gasteiger partial charge in [-0.1, -0.05) is 0 Å². The second-order valence-corrected chi connectivity index (χ2v) is 4.72. The molecule has 0 amide bonds. The minimum atomic E-state index is -3.86. The lowest BCUT2D eigenvalue weighted by Gasteiger charge is -2.05. The van der Waals surface area contributed by atoms with Gasteiger partial charge in [0.2, 0.25) is 5.03 Å². The quantitative estimate of drug-likeness (QED) is 0.746. The summed E-state index contributed by atoms with van der Waals surface area (Å²) >= 11 is 0. The molecule has 0 atom stereocenters. The lowest BCUT2D eigenvalue weighted by molar-refractivity contribution is 0.196. The molecule has 1 aromatic heterocycles. The predicted molar refractivity (Wildman–Crippen MR) is 55.9 cm³/mol. The highest BCUT2D eigenvalue weighted by Gasteiger charge is 2.19. The minimum Gasteiger partial charge on any atom is -0.385 e. The van der Waals surface area contributed by atoms with Gasteiger partial charge < -0.3 is 4.74 Å². The Hall–Kier alpha value is -1.05. The molecule has 0 radical (unpaired) electrons. The third-order valence-electron chi connectivity index (χ3n) is 1.80. The molecule has 0 aromatic carbocycles. The summed E-state index contributed by atoms with van der Waals surface area (Å²) in [6, 6.07) is 2.38. The van der Waals surface area contributed by atoms with Gasteiger partial charge in [0.05, 0.1) is 0 Å². The van der Waals surface area contributed by atoms with E-state index >= 15 is 0 Å². The number of hydrogen-bond acceptors (Lipinski definition) is 4. The highest BCUT2D eigenvalue weighted by Crippen LogP contribution is 2.09. The van der Waals surface area contributed by atoms with Gasteiger partial charge in [0.25, 0.3) is 10.0 Å². The van der Waals surface area contributed by atoms with Crippen LogP contribution in [0.2, 0.25) is 0 Å². The van der Waals surface area contributed by atoms with Crippen LogP contribution in [0.25, 0.3) is 0 Å². The maximum absolute atomic E-state index is 13.2. The highest BCUT2D eigenvalue weighted by molar-refractivity contribution is 7.89. The fraction of sp³-hybridized carbons (Fsp3) is 0.444. The Bertz CT molecular complexity index is 436. The molecule has 1 N–H and O–H groups in total. The van der Waals surface area contributed by atoms with Crippen LogP contribution in [0.1, 0.15) is 6.42 Å². The fourth-order valence-corrected chi connectivity index (χ4v) is 2.13. The molecule has 90 valence electrons. The highest BCUT2D eigenvalue weighted by atomic mass is 32.2. The Labute approximate surface area is 93.7 Å². The molecule has 5 nitrogen and oxygen atoms in total. The Morgan fingerprint density at radius 2 is 2.31 bits per heavy atom. The van der Waals surface area contributed by atoms with Crippen molar-refractivity contribution < 1.29 is 17.5 Å². The van der Waals surface area contributed by atoms with E-state index in [4.69, 9.17) is 4.74 Å². The molecule has 16 heavy (non-hydrogen) atoms. The van der Waals surface area contributed by atoms with Crippen molar-refractivity contribution in [3.8, 4) is 0 Å². The van der Waals surface area contributed by atoms with Crippen molar-refractivity contribution in [2.45, 2.75) is 11.4 Å². The zero-order valence-electron chi connectivity index (χ0n) is 8.81. The molecule has 0 saturated carbocycles. The number of aromatic nitrogens is 1. The van der Waals surface area contributed by atoms with Crippen LogP contribution in [-0.4, -0.2) is 33.7 Å². The molecule has 0 saturated heterocycles. The smallest absolute Gasteiger partial charge is 0.261 e. The van der Waals surface area contributed by atoms with Crippen molar-refractivity contribution in [2.75, 3.05) is 20.3 Å². The van der Waals surface area contributed by atoms with E-state index in [0.29, 0.717) is 13.0 Å². The van der Waals surface area contributed by atoms with Crippen molar-refractivity contribution in [1.29, 1.82) is 0 Å². The van der Waals surface area contributed by atoms with Gasteiger partial charge in [-0.15, -0.1) is 0 Å². The summed E-state index contributed by atoms with van der Waals surface area (Å²) in [4.78, 5) is 3.49. The summed E-state index contributed by atoms with van der Waals surface area (Å²) in [7, 11) is -2.34. The van der Waals surface area contributed by atoms with Crippen LogP contribution in [-0.2, 0) is 14.8 Å². The minimum absolute atomic E-state index is 0.187. The first-order valence-corrected chi connectivity index (χ1v) is 6.15. The average molecular weight is 248 g/mol. The van der Waals surface area contributed by atoms with Gasteiger partial charge in [0.15, 0.2) is 5.82 Å². The molecule has 0 aliphatic heterocycles. The Balaban J connectivity index is 2.68. The summed E-state index contributed by atoms with van der Waals surface area (Å²) in [6.07, 6.45) is 1.75. The molecule has 0 bridgehead atoms. The zero-order chi connectivity index (χ0) is 12.0. The third-order valence-corrected chi connectivity index (χ3v) is 3.19. The Kier molecular flexibility index (Phi) is 4.78. The standard InChI is InChI=1S/C9H13FN2O3S/c1-15-7-3-6-12-16(13,14)9-8(10)4-2-5-11-9/h2,4-5,12H,3,6-7H2,1H3. The zero-order valence-corrected chi connectivity index (χ0v) is 9.63. The lowest BCUT2D eigenvalue weighted by Crippen LogP contribution is -2.27. The van der Waals surface area contributed by atoms with Crippen LogP contribution in [0, 0.1) is 5.82 Å². The van der Waals surface area contributed by atoms with Crippen molar-refractivity contribution in [2.24, 2.45) is 0 Å². The molecule has 0 spiro atoms. The number of hydrogen-bond donors (Lipinski definition) is 1. The number of ether oxygens (including phenoxy) is 1. The molecule has 0 aliphatic carbocycles. The molecule has 1 heterocycles. The summed E-state index contributed by atoms with van der Waals surface area (Å²) in [6.45, 7) is 0.624. The first kappa shape index (κ1) is 13.0. The van der Waals surface area contributed by atoms with E-state index in [2.05, 4.69) is 9.71 Å². The van der Waals surface area contributed by atoms with Gasteiger partial charge >= 0.3 is 0 Å². The molecule has 1 rings (SSSR count). The fourth-order valence-electron chi connectivity index (χ4n) is 1.06. The molecule has 0 fully saturated rings. The number of nitrogens with zero attached hydrogens (tertiary/aromatic N) is 1. The van der Waals surface area contributed by atoms with Crippen LogP contribution in [0.4, 0.5) is 4.39 Å². The van der Waals surface area contributed by atoms with E-state index in [9.17, 15) is 12.8 Å². The third kappa shape index (κ3) is 3.51. The van der Waals surface area contributed by atoms with Crippen molar-refractivity contribution in [3.63, 3.8) is 0 Å². The summed E-state index contributed by atoms with van der Waals surface area (Å²) in [5.41, 5.74) is 0. The van der Waals surface area contributed by atoms with Gasteiger partial charge in [0.1, 0.15) is 0 Å². The van der Waals surface area contributed by atoms with E-state index in [-0.39, 0.29) is 6.54 Å². The number of halogens is 1. The van der Waals surface area contributed by atoms with Crippen LogP contribution in [0.5, 0.6) is 0 Å². The molecular weight excluding hydrogens is 235 g/mol. The summed E-state index contributed by atoms with van der Waals surface area (Å²) in [5.74, 6) is -0.859. The van der Waals surface area contributed by atoms with Crippen molar-refractivity contribution in [3.05, 3.63) is 24.1 Å². The molecule has 7 heteroatoms. The van der Waals surface area contributed by atoms with Crippen molar-refractivity contribution in [1.82, 2.24) is 9.71 Å². The molecule has 0 aliphatic rings. The molecule has 0 unspecified atom stereocenters. The average Bonchev–Trinajstić information content (AvgIpc) is 2.25. The largest absolute Gasteiger partial charge is 0.385 e. The van der Waals surface area contributed by atoms with E-state index in [0.717, 1.165) is 6.07 Å². The first-order chi connectivity index (χ1) is 7.58. The van der Waals surface area contributed by atoms with E-state index in [1.165, 1.54) is 19.4 Å².